The number of carbonyl (C=O) groups is 1. The van der Waals surface area contributed by atoms with E-state index in [1.54, 1.807) is 4.90 Å². The first-order valence-electron chi connectivity index (χ1n) is 4.80. The maximum Gasteiger partial charge on any atom is 0.227 e. The van der Waals surface area contributed by atoms with E-state index in [9.17, 15) is 4.79 Å². The van der Waals surface area contributed by atoms with E-state index in [2.05, 4.69) is 5.32 Å². The lowest BCUT2D eigenvalue weighted by Crippen LogP contribution is -2.31. The summed E-state index contributed by atoms with van der Waals surface area (Å²) in [5.41, 5.74) is 3.41. The quantitative estimate of drug-likeness (QED) is 0.730. The van der Waals surface area contributed by atoms with Crippen molar-refractivity contribution in [2.24, 2.45) is 0 Å². The predicted octanol–water partition coefficient (Wildman–Crippen LogP) is 1.64. The topological polar surface area (TPSA) is 32.3 Å². The van der Waals surface area contributed by atoms with E-state index in [-0.39, 0.29) is 5.91 Å². The Morgan fingerprint density at radius 2 is 2.14 bits per heavy atom. The lowest BCUT2D eigenvalue weighted by Gasteiger charge is -2.27. The second-order valence-electron chi connectivity index (χ2n) is 3.51. The lowest BCUT2D eigenvalue weighted by atomic mass is 10.00. The first-order chi connectivity index (χ1) is 6.74. The molecule has 3 heteroatoms. The average molecular weight is 190 g/mol. The number of nitrogens with one attached hydrogen (secondary N) is 1. The molecule has 0 radical (unpaired) electrons. The molecule has 1 aromatic carbocycles. The van der Waals surface area contributed by atoms with Crippen LogP contribution >= 0.6 is 0 Å². The summed E-state index contributed by atoms with van der Waals surface area (Å²) in [7, 11) is 3.74. The SMILES string of the molecule is CNc1cccc2c1CCC(=O)N2C. The summed E-state index contributed by atoms with van der Waals surface area (Å²) in [6.07, 6.45) is 1.46. The number of nitrogens with zero attached hydrogens (tertiary/aromatic N) is 1. The van der Waals surface area contributed by atoms with Gasteiger partial charge in [0.1, 0.15) is 0 Å². The predicted molar refractivity (Wildman–Crippen MR) is 57.7 cm³/mol. The highest BCUT2D eigenvalue weighted by Gasteiger charge is 2.22. The Kier molecular flexibility index (Phi) is 2.15. The van der Waals surface area contributed by atoms with Crippen molar-refractivity contribution in [3.8, 4) is 0 Å². The van der Waals surface area contributed by atoms with Crippen molar-refractivity contribution in [2.75, 3.05) is 24.3 Å². The molecule has 0 fully saturated rings. The molecule has 0 aliphatic carbocycles. The van der Waals surface area contributed by atoms with Crippen LogP contribution in [0.1, 0.15) is 12.0 Å². The van der Waals surface area contributed by atoms with E-state index < -0.39 is 0 Å². The van der Waals surface area contributed by atoms with Crippen LogP contribution in [0.15, 0.2) is 18.2 Å². The molecule has 1 N–H and O–H groups in total. The molecule has 0 spiro atoms. The summed E-state index contributed by atoms with van der Waals surface area (Å²) in [6.45, 7) is 0. The Morgan fingerprint density at radius 1 is 1.36 bits per heavy atom. The van der Waals surface area contributed by atoms with Gasteiger partial charge < -0.3 is 10.2 Å². The van der Waals surface area contributed by atoms with Gasteiger partial charge in [-0.3, -0.25) is 4.79 Å². The maximum absolute atomic E-state index is 11.5. The van der Waals surface area contributed by atoms with E-state index in [0.29, 0.717) is 6.42 Å². The molecule has 1 aromatic rings. The summed E-state index contributed by atoms with van der Waals surface area (Å²) in [5, 5.41) is 3.15. The molecule has 2 rings (SSSR count). The molecular weight excluding hydrogens is 176 g/mol. The molecule has 1 aliphatic heterocycles. The molecule has 1 amide bonds. The summed E-state index contributed by atoms with van der Waals surface area (Å²) in [5.74, 6) is 0.200. The van der Waals surface area contributed by atoms with Crippen LogP contribution in [0.25, 0.3) is 0 Å². The van der Waals surface area contributed by atoms with Crippen LogP contribution in [0.5, 0.6) is 0 Å². The smallest absolute Gasteiger partial charge is 0.227 e. The Hall–Kier alpha value is -1.51. The van der Waals surface area contributed by atoms with Crippen molar-refractivity contribution in [2.45, 2.75) is 12.8 Å². The first-order valence-corrected chi connectivity index (χ1v) is 4.80. The Labute approximate surface area is 83.7 Å². The van der Waals surface area contributed by atoms with Gasteiger partial charge in [0.2, 0.25) is 5.91 Å². The fourth-order valence-electron chi connectivity index (χ4n) is 1.92. The van der Waals surface area contributed by atoms with Gasteiger partial charge >= 0.3 is 0 Å². The van der Waals surface area contributed by atoms with Crippen molar-refractivity contribution in [1.29, 1.82) is 0 Å². The molecule has 1 aliphatic rings. The summed E-state index contributed by atoms with van der Waals surface area (Å²) >= 11 is 0. The molecule has 0 atom stereocenters. The van der Waals surface area contributed by atoms with Gasteiger partial charge in [0, 0.05) is 31.9 Å². The van der Waals surface area contributed by atoms with E-state index in [0.717, 1.165) is 17.8 Å². The van der Waals surface area contributed by atoms with Crippen LogP contribution in [0.3, 0.4) is 0 Å². The van der Waals surface area contributed by atoms with Crippen molar-refractivity contribution in [1.82, 2.24) is 0 Å². The average Bonchev–Trinajstić information content (AvgIpc) is 2.23. The fraction of sp³-hybridized carbons (Fsp3) is 0.364. The van der Waals surface area contributed by atoms with E-state index in [1.165, 1.54) is 5.56 Å². The highest BCUT2D eigenvalue weighted by atomic mass is 16.2. The Morgan fingerprint density at radius 3 is 2.86 bits per heavy atom. The summed E-state index contributed by atoms with van der Waals surface area (Å²) < 4.78 is 0. The molecule has 1 heterocycles. The van der Waals surface area contributed by atoms with Gasteiger partial charge in [-0.2, -0.15) is 0 Å². The lowest BCUT2D eigenvalue weighted by molar-refractivity contribution is -0.118. The first kappa shape index (κ1) is 9.06. The molecule has 0 saturated carbocycles. The number of rotatable bonds is 1. The van der Waals surface area contributed by atoms with Crippen LogP contribution in [0, 0.1) is 0 Å². The van der Waals surface area contributed by atoms with E-state index >= 15 is 0 Å². The third-order valence-electron chi connectivity index (χ3n) is 2.74. The number of anilines is 2. The number of hydrogen-bond acceptors (Lipinski definition) is 2. The monoisotopic (exact) mass is 190 g/mol. The normalized spacial score (nSPS) is 15.3. The van der Waals surface area contributed by atoms with Crippen LogP contribution in [0.4, 0.5) is 11.4 Å². The molecule has 74 valence electrons. The third kappa shape index (κ3) is 1.25. The molecule has 0 bridgehead atoms. The molecule has 0 saturated heterocycles. The van der Waals surface area contributed by atoms with Crippen molar-refractivity contribution < 1.29 is 4.79 Å². The van der Waals surface area contributed by atoms with Crippen LogP contribution in [0.2, 0.25) is 0 Å². The number of fused-ring (bicyclic) bond motifs is 1. The summed E-state index contributed by atoms with van der Waals surface area (Å²) in [6, 6.07) is 6.01. The standard InChI is InChI=1S/C11H14N2O/c1-12-9-4-3-5-10-8(9)6-7-11(14)13(10)2/h3-5,12H,6-7H2,1-2H3. The van der Waals surface area contributed by atoms with Gasteiger partial charge in [0.25, 0.3) is 0 Å². The molecular formula is C11H14N2O. The minimum absolute atomic E-state index is 0.200. The minimum Gasteiger partial charge on any atom is -0.388 e. The minimum atomic E-state index is 0.200. The number of hydrogen-bond donors (Lipinski definition) is 1. The highest BCUT2D eigenvalue weighted by molar-refractivity contribution is 5.97. The molecule has 0 unspecified atom stereocenters. The van der Waals surface area contributed by atoms with E-state index in [1.807, 2.05) is 32.3 Å². The van der Waals surface area contributed by atoms with Crippen molar-refractivity contribution in [3.05, 3.63) is 23.8 Å². The zero-order chi connectivity index (χ0) is 10.1. The van der Waals surface area contributed by atoms with Gasteiger partial charge in [0.05, 0.1) is 0 Å². The zero-order valence-corrected chi connectivity index (χ0v) is 8.50. The molecule has 14 heavy (non-hydrogen) atoms. The zero-order valence-electron chi connectivity index (χ0n) is 8.50. The van der Waals surface area contributed by atoms with Gasteiger partial charge in [0.15, 0.2) is 0 Å². The fourth-order valence-corrected chi connectivity index (χ4v) is 1.92. The van der Waals surface area contributed by atoms with Gasteiger partial charge in [-0.05, 0) is 24.1 Å². The van der Waals surface area contributed by atoms with Gasteiger partial charge in [-0.25, -0.2) is 0 Å². The van der Waals surface area contributed by atoms with Crippen LogP contribution in [-0.2, 0) is 11.2 Å². The number of benzene rings is 1. The maximum atomic E-state index is 11.5. The number of amides is 1. The Bertz CT molecular complexity index is 374. The largest absolute Gasteiger partial charge is 0.388 e. The van der Waals surface area contributed by atoms with E-state index in [4.69, 9.17) is 0 Å². The third-order valence-corrected chi connectivity index (χ3v) is 2.74. The van der Waals surface area contributed by atoms with Crippen molar-refractivity contribution in [3.63, 3.8) is 0 Å². The second-order valence-corrected chi connectivity index (χ2v) is 3.51. The van der Waals surface area contributed by atoms with Crippen LogP contribution < -0.4 is 10.2 Å². The van der Waals surface area contributed by atoms with Gasteiger partial charge in [-0.15, -0.1) is 0 Å². The van der Waals surface area contributed by atoms with Crippen LogP contribution in [-0.4, -0.2) is 20.0 Å². The Balaban J connectivity index is 2.52. The summed E-state index contributed by atoms with van der Waals surface area (Å²) in [4.78, 5) is 13.2. The molecule has 0 aromatic heterocycles. The second kappa shape index (κ2) is 3.33. The van der Waals surface area contributed by atoms with Gasteiger partial charge in [-0.1, -0.05) is 6.07 Å². The highest BCUT2D eigenvalue weighted by Crippen LogP contribution is 2.31. The van der Waals surface area contributed by atoms with Crippen molar-refractivity contribution >= 4 is 17.3 Å². The number of carbonyl (C=O) groups excluding carboxylic acids is 1. The molecule has 3 nitrogen and oxygen atoms in total.